The normalized spacial score (nSPS) is 13.9. The molecular weight excluding hydrogens is 703 g/mol. The Morgan fingerprint density at radius 2 is 0.621 bits per heavy atom. The van der Waals surface area contributed by atoms with Gasteiger partial charge in [-0.2, -0.15) is 0 Å². The minimum absolute atomic E-state index is 0.512. The molecule has 0 unspecified atom stereocenters. The molecule has 58 heavy (non-hydrogen) atoms. The number of fused-ring (bicyclic) bond motifs is 5. The fourth-order valence-electron chi connectivity index (χ4n) is 9.96. The molecule has 0 amide bonds. The largest absolute Gasteiger partial charge is 0.457 e. The topological polar surface area (TPSA) is 12.5 Å². The van der Waals surface area contributed by atoms with Crippen molar-refractivity contribution in [1.82, 2.24) is 0 Å². The van der Waals surface area contributed by atoms with E-state index in [1.165, 1.54) is 38.9 Å². The molecular formula is C56H39NO. The molecule has 0 atom stereocenters. The second kappa shape index (κ2) is 13.7. The molecule has 0 bridgehead atoms. The number of hydrogen-bond acceptors (Lipinski definition) is 2. The molecule has 0 fully saturated rings. The van der Waals surface area contributed by atoms with Crippen LogP contribution in [0.25, 0.3) is 11.1 Å². The SMILES string of the molecule is c1ccc(N(c2cccc(C3(c4ccccc4)c4ccccc4Oc4ccccc43)c2)c2cccc(C3(c4ccccc4)c4ccccc4-c4ccccc43)c2)cc1. The first-order chi connectivity index (χ1) is 28.8. The maximum atomic E-state index is 6.64. The smallest absolute Gasteiger partial charge is 0.132 e. The maximum Gasteiger partial charge on any atom is 0.132 e. The average Bonchev–Trinajstić information content (AvgIpc) is 3.61. The van der Waals surface area contributed by atoms with Gasteiger partial charge < -0.3 is 9.64 Å². The zero-order valence-electron chi connectivity index (χ0n) is 31.9. The van der Waals surface area contributed by atoms with Crippen LogP contribution in [-0.4, -0.2) is 0 Å². The lowest BCUT2D eigenvalue weighted by atomic mass is 9.63. The first-order valence-electron chi connectivity index (χ1n) is 20.0. The van der Waals surface area contributed by atoms with E-state index in [9.17, 15) is 0 Å². The summed E-state index contributed by atoms with van der Waals surface area (Å²) in [6.07, 6.45) is 0. The highest BCUT2D eigenvalue weighted by Gasteiger charge is 2.47. The fraction of sp³-hybridized carbons (Fsp3) is 0.0357. The van der Waals surface area contributed by atoms with Crippen LogP contribution in [0.3, 0.4) is 0 Å². The standard InChI is InChI=1S/C56H39NO/c1-4-20-40(21-5-1)55(49-32-12-10-30-47(49)48-31-11-13-33-50(48)55)42-24-18-28-45(38-42)57(44-26-8-3-9-27-44)46-29-19-25-43(39-46)56(41-22-6-2-7-23-41)51-34-14-16-36-53(51)58-54-37-17-15-35-52(54)56/h1-39H. The average molecular weight is 742 g/mol. The molecule has 9 aromatic rings. The van der Waals surface area contributed by atoms with Crippen molar-refractivity contribution in [2.45, 2.75) is 10.8 Å². The third-order valence-electron chi connectivity index (χ3n) is 12.3. The van der Waals surface area contributed by atoms with Crippen molar-refractivity contribution in [3.05, 3.63) is 281 Å². The first-order valence-corrected chi connectivity index (χ1v) is 20.0. The van der Waals surface area contributed by atoms with Gasteiger partial charge in [-0.1, -0.05) is 188 Å². The van der Waals surface area contributed by atoms with Crippen molar-refractivity contribution in [2.24, 2.45) is 0 Å². The van der Waals surface area contributed by atoms with Gasteiger partial charge in [0.15, 0.2) is 0 Å². The Bertz CT molecular complexity index is 2840. The van der Waals surface area contributed by atoms with Crippen LogP contribution in [0.2, 0.25) is 0 Å². The van der Waals surface area contributed by atoms with Crippen LogP contribution < -0.4 is 9.64 Å². The second-order valence-corrected chi connectivity index (χ2v) is 15.2. The van der Waals surface area contributed by atoms with Crippen molar-refractivity contribution >= 4 is 17.1 Å². The summed E-state index contributed by atoms with van der Waals surface area (Å²) in [6.45, 7) is 0. The van der Waals surface area contributed by atoms with Gasteiger partial charge in [-0.3, -0.25) is 0 Å². The Labute approximate surface area is 339 Å². The number of hydrogen-bond donors (Lipinski definition) is 0. The van der Waals surface area contributed by atoms with Crippen LogP contribution in [-0.2, 0) is 10.8 Å². The van der Waals surface area contributed by atoms with E-state index in [4.69, 9.17) is 4.74 Å². The highest BCUT2D eigenvalue weighted by molar-refractivity contribution is 5.87. The van der Waals surface area contributed by atoms with E-state index in [-0.39, 0.29) is 0 Å². The molecule has 1 aliphatic heterocycles. The summed E-state index contributed by atoms with van der Waals surface area (Å²) >= 11 is 0. The van der Waals surface area contributed by atoms with Crippen molar-refractivity contribution < 1.29 is 4.74 Å². The van der Waals surface area contributed by atoms with Gasteiger partial charge >= 0.3 is 0 Å². The monoisotopic (exact) mass is 741 g/mol. The molecule has 0 saturated carbocycles. The van der Waals surface area contributed by atoms with Crippen LogP contribution in [0.4, 0.5) is 17.1 Å². The highest BCUT2D eigenvalue weighted by atomic mass is 16.5. The van der Waals surface area contributed by atoms with E-state index < -0.39 is 10.8 Å². The van der Waals surface area contributed by atoms with Crippen LogP contribution >= 0.6 is 0 Å². The molecule has 9 aromatic carbocycles. The van der Waals surface area contributed by atoms with E-state index in [2.05, 4.69) is 241 Å². The summed E-state index contributed by atoms with van der Waals surface area (Å²) < 4.78 is 6.64. The summed E-state index contributed by atoms with van der Waals surface area (Å²) in [4.78, 5) is 2.41. The van der Waals surface area contributed by atoms with Gasteiger partial charge in [0.1, 0.15) is 11.5 Å². The third kappa shape index (κ3) is 4.98. The van der Waals surface area contributed by atoms with Gasteiger partial charge in [-0.25, -0.2) is 0 Å². The van der Waals surface area contributed by atoms with Gasteiger partial charge in [0.05, 0.1) is 10.8 Å². The van der Waals surface area contributed by atoms with Gasteiger partial charge in [0, 0.05) is 28.2 Å². The molecule has 1 heterocycles. The number of ether oxygens (including phenoxy) is 1. The van der Waals surface area contributed by atoms with E-state index in [0.717, 1.165) is 45.3 Å². The lowest BCUT2D eigenvalue weighted by Gasteiger charge is -2.42. The van der Waals surface area contributed by atoms with Crippen LogP contribution in [0, 0.1) is 0 Å². The number of rotatable bonds is 7. The fourth-order valence-corrected chi connectivity index (χ4v) is 9.96. The Morgan fingerprint density at radius 3 is 1.10 bits per heavy atom. The summed E-state index contributed by atoms with van der Waals surface area (Å²) in [5.41, 5.74) is 14.3. The van der Waals surface area contributed by atoms with Gasteiger partial charge in [0.2, 0.25) is 0 Å². The molecule has 0 N–H and O–H groups in total. The van der Waals surface area contributed by atoms with E-state index in [1.807, 2.05) is 0 Å². The maximum absolute atomic E-state index is 6.64. The summed E-state index contributed by atoms with van der Waals surface area (Å²) in [6, 6.07) is 85.9. The molecule has 2 aliphatic rings. The summed E-state index contributed by atoms with van der Waals surface area (Å²) in [5, 5.41) is 0. The molecule has 0 saturated heterocycles. The number of nitrogens with zero attached hydrogens (tertiary/aromatic N) is 1. The second-order valence-electron chi connectivity index (χ2n) is 15.2. The Kier molecular flexibility index (Phi) is 7.97. The molecule has 0 aromatic heterocycles. The van der Waals surface area contributed by atoms with E-state index in [0.29, 0.717) is 0 Å². The number of benzene rings is 9. The molecule has 0 radical (unpaired) electrons. The summed E-state index contributed by atoms with van der Waals surface area (Å²) in [7, 11) is 0. The molecule has 1 aliphatic carbocycles. The highest BCUT2D eigenvalue weighted by Crippen LogP contribution is 2.58. The quantitative estimate of drug-likeness (QED) is 0.161. The minimum atomic E-state index is -0.637. The first kappa shape index (κ1) is 33.9. The third-order valence-corrected chi connectivity index (χ3v) is 12.3. The van der Waals surface area contributed by atoms with E-state index in [1.54, 1.807) is 0 Å². The van der Waals surface area contributed by atoms with Crippen LogP contribution in [0.5, 0.6) is 11.5 Å². The molecule has 2 heteroatoms. The zero-order chi connectivity index (χ0) is 38.5. The molecule has 2 nitrogen and oxygen atoms in total. The Hall–Kier alpha value is -7.42. The van der Waals surface area contributed by atoms with E-state index >= 15 is 0 Å². The number of anilines is 3. The predicted octanol–water partition coefficient (Wildman–Crippen LogP) is 14.0. The van der Waals surface area contributed by atoms with Crippen molar-refractivity contribution in [3.63, 3.8) is 0 Å². The predicted molar refractivity (Wildman–Crippen MR) is 237 cm³/mol. The summed E-state index contributed by atoms with van der Waals surface area (Å²) in [5.74, 6) is 1.73. The van der Waals surface area contributed by atoms with Crippen LogP contribution in [0.15, 0.2) is 237 Å². The van der Waals surface area contributed by atoms with Gasteiger partial charge in [0.25, 0.3) is 0 Å². The van der Waals surface area contributed by atoms with Gasteiger partial charge in [-0.15, -0.1) is 0 Å². The van der Waals surface area contributed by atoms with Crippen molar-refractivity contribution in [2.75, 3.05) is 4.90 Å². The van der Waals surface area contributed by atoms with Crippen LogP contribution in [0.1, 0.15) is 44.5 Å². The molecule has 274 valence electrons. The molecule has 11 rings (SSSR count). The Morgan fingerprint density at radius 1 is 0.276 bits per heavy atom. The lowest BCUT2D eigenvalue weighted by Crippen LogP contribution is -2.34. The lowest BCUT2D eigenvalue weighted by molar-refractivity contribution is 0.434. The Balaban J connectivity index is 1.16. The zero-order valence-corrected chi connectivity index (χ0v) is 31.9. The van der Waals surface area contributed by atoms with Gasteiger partial charge in [-0.05, 0) is 93.0 Å². The number of para-hydroxylation sites is 3. The van der Waals surface area contributed by atoms with Crippen molar-refractivity contribution in [3.8, 4) is 22.6 Å². The van der Waals surface area contributed by atoms with Crippen molar-refractivity contribution in [1.29, 1.82) is 0 Å². The minimum Gasteiger partial charge on any atom is -0.457 e. The molecule has 0 spiro atoms.